The maximum absolute atomic E-state index is 10.5. The van der Waals surface area contributed by atoms with Crippen LogP contribution in [0.1, 0.15) is 39.5 Å². The SMILES string of the molecule is CCOc1ccnc(NCC2(O)CCCC(C)C2)n1. The Balaban J connectivity index is 1.92. The molecule has 0 aromatic carbocycles. The number of ether oxygens (including phenoxy) is 1. The number of aliphatic hydroxyl groups is 1. The van der Waals surface area contributed by atoms with Crippen LogP contribution in [0, 0.1) is 5.92 Å². The number of anilines is 1. The van der Waals surface area contributed by atoms with Crippen LogP contribution >= 0.6 is 0 Å². The van der Waals surface area contributed by atoms with E-state index < -0.39 is 5.60 Å². The minimum Gasteiger partial charge on any atom is -0.478 e. The molecule has 5 heteroatoms. The lowest BCUT2D eigenvalue weighted by molar-refractivity contribution is -0.000909. The fraction of sp³-hybridized carbons (Fsp3) is 0.714. The van der Waals surface area contributed by atoms with Crippen molar-refractivity contribution in [1.82, 2.24) is 9.97 Å². The Hall–Kier alpha value is -1.36. The zero-order valence-electron chi connectivity index (χ0n) is 11.7. The van der Waals surface area contributed by atoms with E-state index in [1.165, 1.54) is 6.42 Å². The molecule has 0 radical (unpaired) electrons. The van der Waals surface area contributed by atoms with Crippen LogP contribution in [0.15, 0.2) is 12.3 Å². The van der Waals surface area contributed by atoms with Crippen molar-refractivity contribution in [2.45, 2.75) is 45.1 Å². The zero-order valence-corrected chi connectivity index (χ0v) is 11.7. The first-order chi connectivity index (χ1) is 9.11. The third kappa shape index (κ3) is 4.06. The molecule has 0 bridgehead atoms. The third-order valence-electron chi connectivity index (χ3n) is 3.57. The van der Waals surface area contributed by atoms with E-state index in [1.54, 1.807) is 12.3 Å². The fourth-order valence-electron chi connectivity index (χ4n) is 2.69. The number of hydrogen-bond donors (Lipinski definition) is 2. The zero-order chi connectivity index (χ0) is 13.7. The van der Waals surface area contributed by atoms with Crippen LogP contribution in [-0.2, 0) is 0 Å². The lowest BCUT2D eigenvalue weighted by Crippen LogP contribution is -2.41. The van der Waals surface area contributed by atoms with Gasteiger partial charge in [-0.05, 0) is 25.7 Å². The summed E-state index contributed by atoms with van der Waals surface area (Å²) in [4.78, 5) is 8.38. The van der Waals surface area contributed by atoms with Gasteiger partial charge in [0.15, 0.2) is 0 Å². The van der Waals surface area contributed by atoms with Gasteiger partial charge in [-0.2, -0.15) is 4.98 Å². The summed E-state index contributed by atoms with van der Waals surface area (Å²) < 4.78 is 5.33. The summed E-state index contributed by atoms with van der Waals surface area (Å²) in [7, 11) is 0. The molecular formula is C14H23N3O2. The monoisotopic (exact) mass is 265 g/mol. The first-order valence-electron chi connectivity index (χ1n) is 7.03. The second kappa shape index (κ2) is 6.19. The molecule has 2 unspecified atom stereocenters. The minimum atomic E-state index is -0.636. The molecule has 0 spiro atoms. The van der Waals surface area contributed by atoms with Crippen molar-refractivity contribution < 1.29 is 9.84 Å². The van der Waals surface area contributed by atoms with Crippen LogP contribution in [-0.4, -0.2) is 33.8 Å². The number of aromatic nitrogens is 2. The topological polar surface area (TPSA) is 67.3 Å². The number of rotatable bonds is 5. The molecule has 1 saturated carbocycles. The predicted molar refractivity (Wildman–Crippen MR) is 74.3 cm³/mol. The Morgan fingerprint density at radius 3 is 3.16 bits per heavy atom. The molecule has 0 aliphatic heterocycles. The highest BCUT2D eigenvalue weighted by Crippen LogP contribution is 2.32. The standard InChI is InChI=1S/C14H23N3O2/c1-3-19-12-6-8-15-13(17-12)16-10-14(18)7-4-5-11(2)9-14/h6,8,11,18H,3-5,7,9-10H2,1-2H3,(H,15,16,17). The van der Waals surface area contributed by atoms with Gasteiger partial charge in [-0.3, -0.25) is 0 Å². The van der Waals surface area contributed by atoms with Crippen molar-refractivity contribution in [3.05, 3.63) is 12.3 Å². The summed E-state index contributed by atoms with van der Waals surface area (Å²) >= 11 is 0. The maximum Gasteiger partial charge on any atom is 0.226 e. The second-order valence-electron chi connectivity index (χ2n) is 5.43. The molecule has 1 aliphatic rings. The van der Waals surface area contributed by atoms with E-state index in [-0.39, 0.29) is 0 Å². The van der Waals surface area contributed by atoms with Crippen molar-refractivity contribution >= 4 is 5.95 Å². The van der Waals surface area contributed by atoms with Crippen molar-refractivity contribution in [1.29, 1.82) is 0 Å². The fourth-order valence-corrected chi connectivity index (χ4v) is 2.69. The molecule has 1 aliphatic carbocycles. The molecule has 0 amide bonds. The van der Waals surface area contributed by atoms with Gasteiger partial charge in [0.25, 0.3) is 0 Å². The van der Waals surface area contributed by atoms with Crippen LogP contribution < -0.4 is 10.1 Å². The van der Waals surface area contributed by atoms with Crippen LogP contribution in [0.5, 0.6) is 5.88 Å². The van der Waals surface area contributed by atoms with Crippen molar-refractivity contribution in [2.24, 2.45) is 5.92 Å². The van der Waals surface area contributed by atoms with E-state index in [1.807, 2.05) is 6.92 Å². The number of hydrogen-bond acceptors (Lipinski definition) is 5. The first kappa shape index (κ1) is 14.1. The summed E-state index contributed by atoms with van der Waals surface area (Å²) in [6.07, 6.45) is 5.63. The van der Waals surface area contributed by atoms with Crippen LogP contribution in [0.25, 0.3) is 0 Å². The lowest BCUT2D eigenvalue weighted by atomic mass is 9.79. The number of nitrogens with zero attached hydrogens (tertiary/aromatic N) is 2. The van der Waals surface area contributed by atoms with Gasteiger partial charge in [0.1, 0.15) is 0 Å². The Kier molecular flexibility index (Phi) is 4.58. The van der Waals surface area contributed by atoms with Crippen molar-refractivity contribution in [3.8, 4) is 5.88 Å². The van der Waals surface area contributed by atoms with E-state index >= 15 is 0 Å². The summed E-state index contributed by atoms with van der Waals surface area (Å²) in [6, 6.07) is 1.73. The quantitative estimate of drug-likeness (QED) is 0.854. The Labute approximate surface area is 114 Å². The Bertz CT molecular complexity index is 413. The molecule has 19 heavy (non-hydrogen) atoms. The summed E-state index contributed by atoms with van der Waals surface area (Å²) in [5.41, 5.74) is -0.636. The van der Waals surface area contributed by atoms with E-state index in [9.17, 15) is 5.11 Å². The molecule has 1 fully saturated rings. The molecule has 2 rings (SSSR count). The third-order valence-corrected chi connectivity index (χ3v) is 3.57. The normalized spacial score (nSPS) is 27.0. The first-order valence-corrected chi connectivity index (χ1v) is 7.03. The molecule has 106 valence electrons. The minimum absolute atomic E-state index is 0.493. The maximum atomic E-state index is 10.5. The van der Waals surface area contributed by atoms with E-state index in [2.05, 4.69) is 22.2 Å². The van der Waals surface area contributed by atoms with E-state index in [0.717, 1.165) is 19.3 Å². The smallest absolute Gasteiger partial charge is 0.226 e. The average molecular weight is 265 g/mol. The lowest BCUT2D eigenvalue weighted by Gasteiger charge is -2.35. The van der Waals surface area contributed by atoms with Crippen molar-refractivity contribution in [3.63, 3.8) is 0 Å². The van der Waals surface area contributed by atoms with E-state index in [0.29, 0.717) is 30.9 Å². The van der Waals surface area contributed by atoms with Gasteiger partial charge in [0.05, 0.1) is 12.2 Å². The van der Waals surface area contributed by atoms with Crippen LogP contribution in [0.2, 0.25) is 0 Å². The summed E-state index contributed by atoms with van der Waals surface area (Å²) in [5.74, 6) is 1.65. The van der Waals surface area contributed by atoms with E-state index in [4.69, 9.17) is 4.74 Å². The predicted octanol–water partition coefficient (Wildman–Crippen LogP) is 2.23. The van der Waals surface area contributed by atoms with Gasteiger partial charge >= 0.3 is 0 Å². The molecule has 2 N–H and O–H groups in total. The molecule has 1 heterocycles. The molecular weight excluding hydrogens is 242 g/mol. The van der Waals surface area contributed by atoms with Crippen LogP contribution in [0.4, 0.5) is 5.95 Å². The molecule has 1 aromatic rings. The highest BCUT2D eigenvalue weighted by Gasteiger charge is 2.32. The highest BCUT2D eigenvalue weighted by molar-refractivity contribution is 5.28. The van der Waals surface area contributed by atoms with Gasteiger partial charge in [-0.25, -0.2) is 4.98 Å². The average Bonchev–Trinajstić information content (AvgIpc) is 2.37. The van der Waals surface area contributed by atoms with Crippen LogP contribution in [0.3, 0.4) is 0 Å². The molecule has 5 nitrogen and oxygen atoms in total. The van der Waals surface area contributed by atoms with Gasteiger partial charge in [0, 0.05) is 18.8 Å². The Morgan fingerprint density at radius 1 is 1.58 bits per heavy atom. The second-order valence-corrected chi connectivity index (χ2v) is 5.43. The van der Waals surface area contributed by atoms with Gasteiger partial charge in [-0.15, -0.1) is 0 Å². The Morgan fingerprint density at radius 2 is 2.42 bits per heavy atom. The van der Waals surface area contributed by atoms with Gasteiger partial charge in [-0.1, -0.05) is 19.8 Å². The summed E-state index contributed by atoms with van der Waals surface area (Å²) in [6.45, 7) is 5.18. The van der Waals surface area contributed by atoms with Gasteiger partial charge in [0.2, 0.25) is 11.8 Å². The number of nitrogens with one attached hydrogen (secondary N) is 1. The molecule has 2 atom stereocenters. The van der Waals surface area contributed by atoms with Gasteiger partial charge < -0.3 is 15.2 Å². The summed E-state index contributed by atoms with van der Waals surface area (Å²) in [5, 5.41) is 13.6. The molecule has 0 saturated heterocycles. The highest BCUT2D eigenvalue weighted by atomic mass is 16.5. The molecule has 1 aromatic heterocycles. The largest absolute Gasteiger partial charge is 0.478 e. The van der Waals surface area contributed by atoms with Crippen molar-refractivity contribution in [2.75, 3.05) is 18.5 Å².